The van der Waals surface area contributed by atoms with Crippen molar-refractivity contribution < 1.29 is 9.18 Å². The average molecular weight is 312 g/mol. The van der Waals surface area contributed by atoms with Crippen LogP contribution in [0.4, 0.5) is 15.9 Å². The standard InChI is InChI=1S/C17H17FN4O/c18-14-9-19-11-20-16(14)21-7-5-13(10-21)17(23)22-8-6-12-3-1-2-4-15(12)22/h1-4,9,11,13H,5-8,10H2. The van der Waals surface area contributed by atoms with Crippen molar-refractivity contribution >= 4 is 17.4 Å². The minimum absolute atomic E-state index is 0.115. The van der Waals surface area contributed by atoms with Gasteiger partial charge in [-0.15, -0.1) is 0 Å². The molecule has 1 saturated heterocycles. The van der Waals surface area contributed by atoms with E-state index in [0.717, 1.165) is 31.3 Å². The number of halogens is 1. The zero-order valence-electron chi connectivity index (χ0n) is 12.7. The highest BCUT2D eigenvalue weighted by Crippen LogP contribution is 2.31. The number of carbonyl (C=O) groups is 1. The van der Waals surface area contributed by atoms with Gasteiger partial charge in [0.2, 0.25) is 5.91 Å². The fraction of sp³-hybridized carbons (Fsp3) is 0.353. The first-order chi connectivity index (χ1) is 11.2. The molecular formula is C17H17FN4O. The molecule has 0 radical (unpaired) electrons. The Labute approximate surface area is 133 Å². The van der Waals surface area contributed by atoms with E-state index in [1.165, 1.54) is 11.9 Å². The summed E-state index contributed by atoms with van der Waals surface area (Å²) in [4.78, 5) is 24.2. The van der Waals surface area contributed by atoms with Gasteiger partial charge >= 0.3 is 0 Å². The van der Waals surface area contributed by atoms with Crippen LogP contribution in [0.5, 0.6) is 0 Å². The van der Waals surface area contributed by atoms with Crippen LogP contribution in [0, 0.1) is 11.7 Å². The Morgan fingerprint density at radius 2 is 2.13 bits per heavy atom. The molecule has 23 heavy (non-hydrogen) atoms. The fourth-order valence-corrected chi connectivity index (χ4v) is 3.48. The maximum absolute atomic E-state index is 13.8. The van der Waals surface area contributed by atoms with Crippen molar-refractivity contribution in [2.75, 3.05) is 29.4 Å². The topological polar surface area (TPSA) is 49.3 Å². The van der Waals surface area contributed by atoms with Gasteiger partial charge < -0.3 is 9.80 Å². The predicted octanol–water partition coefficient (Wildman–Crippen LogP) is 2.03. The van der Waals surface area contributed by atoms with Gasteiger partial charge in [0.25, 0.3) is 0 Å². The van der Waals surface area contributed by atoms with E-state index in [4.69, 9.17) is 0 Å². The summed E-state index contributed by atoms with van der Waals surface area (Å²) in [6, 6.07) is 8.03. The van der Waals surface area contributed by atoms with Crippen molar-refractivity contribution in [3.63, 3.8) is 0 Å². The number of nitrogens with zero attached hydrogens (tertiary/aromatic N) is 4. The zero-order valence-corrected chi connectivity index (χ0v) is 12.7. The molecule has 1 amide bonds. The lowest BCUT2D eigenvalue weighted by molar-refractivity contribution is -0.121. The number of hydrogen-bond acceptors (Lipinski definition) is 4. The second-order valence-corrected chi connectivity index (χ2v) is 5.99. The lowest BCUT2D eigenvalue weighted by Crippen LogP contribution is -2.36. The number of amides is 1. The summed E-state index contributed by atoms with van der Waals surface area (Å²) < 4.78 is 13.8. The van der Waals surface area contributed by atoms with E-state index < -0.39 is 5.82 Å². The van der Waals surface area contributed by atoms with Crippen molar-refractivity contribution in [1.29, 1.82) is 0 Å². The van der Waals surface area contributed by atoms with Crippen LogP contribution in [0.25, 0.3) is 0 Å². The second kappa shape index (κ2) is 5.61. The van der Waals surface area contributed by atoms with E-state index in [1.54, 1.807) is 0 Å². The zero-order chi connectivity index (χ0) is 15.8. The molecule has 0 saturated carbocycles. The Hall–Kier alpha value is -2.50. The highest BCUT2D eigenvalue weighted by atomic mass is 19.1. The number of benzene rings is 1. The molecule has 2 aliphatic rings. The molecule has 3 heterocycles. The van der Waals surface area contributed by atoms with Gasteiger partial charge in [-0.25, -0.2) is 14.4 Å². The monoisotopic (exact) mass is 312 g/mol. The second-order valence-electron chi connectivity index (χ2n) is 5.99. The van der Waals surface area contributed by atoms with E-state index in [-0.39, 0.29) is 17.6 Å². The molecule has 1 aromatic carbocycles. The fourth-order valence-electron chi connectivity index (χ4n) is 3.48. The molecule has 0 bridgehead atoms. The Kier molecular flexibility index (Phi) is 3.44. The average Bonchev–Trinajstić information content (AvgIpc) is 3.22. The molecule has 1 fully saturated rings. The molecule has 1 atom stereocenters. The molecule has 2 aliphatic heterocycles. The van der Waals surface area contributed by atoms with Gasteiger partial charge in [-0.2, -0.15) is 0 Å². The van der Waals surface area contributed by atoms with Crippen LogP contribution in [-0.4, -0.2) is 35.5 Å². The van der Waals surface area contributed by atoms with Crippen molar-refractivity contribution in [3.05, 3.63) is 48.2 Å². The first kappa shape index (κ1) is 14.1. The Bertz CT molecular complexity index is 751. The smallest absolute Gasteiger partial charge is 0.231 e. The molecule has 0 N–H and O–H groups in total. The van der Waals surface area contributed by atoms with Gasteiger partial charge in [0.15, 0.2) is 11.6 Å². The summed E-state index contributed by atoms with van der Waals surface area (Å²) in [5, 5.41) is 0. The van der Waals surface area contributed by atoms with Crippen molar-refractivity contribution in [3.8, 4) is 0 Å². The molecule has 5 nitrogen and oxygen atoms in total. The minimum atomic E-state index is -0.438. The summed E-state index contributed by atoms with van der Waals surface area (Å²) in [6.07, 6.45) is 4.12. The molecule has 6 heteroatoms. The molecule has 1 unspecified atom stereocenters. The number of fused-ring (bicyclic) bond motifs is 1. The van der Waals surface area contributed by atoms with Gasteiger partial charge in [0, 0.05) is 25.3 Å². The minimum Gasteiger partial charge on any atom is -0.353 e. The maximum Gasteiger partial charge on any atom is 0.231 e. The number of aromatic nitrogens is 2. The number of hydrogen-bond donors (Lipinski definition) is 0. The van der Waals surface area contributed by atoms with Gasteiger partial charge in [0.1, 0.15) is 6.33 Å². The van der Waals surface area contributed by atoms with Crippen LogP contribution in [0.15, 0.2) is 36.8 Å². The van der Waals surface area contributed by atoms with Crippen LogP contribution in [0.2, 0.25) is 0 Å². The normalized spacial score (nSPS) is 20.0. The highest BCUT2D eigenvalue weighted by molar-refractivity contribution is 5.97. The van der Waals surface area contributed by atoms with Crippen LogP contribution in [0.3, 0.4) is 0 Å². The first-order valence-electron chi connectivity index (χ1n) is 7.84. The highest BCUT2D eigenvalue weighted by Gasteiger charge is 2.35. The van der Waals surface area contributed by atoms with Crippen LogP contribution >= 0.6 is 0 Å². The Morgan fingerprint density at radius 3 is 3.00 bits per heavy atom. The SMILES string of the molecule is O=C(C1CCN(c2ncncc2F)C1)N1CCc2ccccc21. The number of rotatable bonds is 2. The van der Waals surface area contributed by atoms with E-state index in [0.29, 0.717) is 13.1 Å². The van der Waals surface area contributed by atoms with Crippen LogP contribution in [-0.2, 0) is 11.2 Å². The first-order valence-corrected chi connectivity index (χ1v) is 7.84. The lowest BCUT2D eigenvalue weighted by atomic mass is 10.1. The van der Waals surface area contributed by atoms with E-state index in [1.807, 2.05) is 28.0 Å². The van der Waals surface area contributed by atoms with Gasteiger partial charge in [-0.05, 0) is 24.5 Å². The van der Waals surface area contributed by atoms with E-state index in [9.17, 15) is 9.18 Å². The molecule has 0 aliphatic carbocycles. The third-order valence-electron chi connectivity index (χ3n) is 4.64. The molecule has 118 valence electrons. The van der Waals surface area contributed by atoms with Crippen molar-refractivity contribution in [2.24, 2.45) is 5.92 Å². The summed E-state index contributed by atoms with van der Waals surface area (Å²) in [5.41, 5.74) is 2.24. The van der Waals surface area contributed by atoms with Gasteiger partial charge in [-0.3, -0.25) is 4.79 Å². The molecule has 1 aromatic heterocycles. The number of carbonyl (C=O) groups excluding carboxylic acids is 1. The summed E-state index contributed by atoms with van der Waals surface area (Å²) in [5.74, 6) is -0.133. The summed E-state index contributed by atoms with van der Waals surface area (Å²) in [7, 11) is 0. The summed E-state index contributed by atoms with van der Waals surface area (Å²) in [6.45, 7) is 1.88. The Balaban J connectivity index is 1.50. The van der Waals surface area contributed by atoms with Crippen LogP contribution in [0.1, 0.15) is 12.0 Å². The van der Waals surface area contributed by atoms with Gasteiger partial charge in [-0.1, -0.05) is 18.2 Å². The van der Waals surface area contributed by atoms with Crippen molar-refractivity contribution in [2.45, 2.75) is 12.8 Å². The van der Waals surface area contributed by atoms with E-state index >= 15 is 0 Å². The molecule has 4 rings (SSSR count). The number of para-hydroxylation sites is 1. The quantitative estimate of drug-likeness (QED) is 0.851. The largest absolute Gasteiger partial charge is 0.353 e. The summed E-state index contributed by atoms with van der Waals surface area (Å²) >= 11 is 0. The molecule has 2 aromatic rings. The lowest BCUT2D eigenvalue weighted by Gasteiger charge is -2.22. The third kappa shape index (κ3) is 2.44. The maximum atomic E-state index is 13.8. The van der Waals surface area contributed by atoms with E-state index in [2.05, 4.69) is 16.0 Å². The molecule has 0 spiro atoms. The Morgan fingerprint density at radius 1 is 1.26 bits per heavy atom. The van der Waals surface area contributed by atoms with Crippen molar-refractivity contribution in [1.82, 2.24) is 9.97 Å². The predicted molar refractivity (Wildman–Crippen MR) is 84.8 cm³/mol. The van der Waals surface area contributed by atoms with Gasteiger partial charge in [0.05, 0.1) is 12.1 Å². The van der Waals surface area contributed by atoms with Crippen LogP contribution < -0.4 is 9.80 Å². The molecular weight excluding hydrogens is 295 g/mol. The number of anilines is 2. The third-order valence-corrected chi connectivity index (χ3v) is 4.64.